The number of hydrogen-bond donors (Lipinski definition) is 1. The second-order valence-electron chi connectivity index (χ2n) is 3.83. The summed E-state index contributed by atoms with van der Waals surface area (Å²) in [6.07, 6.45) is 0. The number of carbonyl (C=O) groups is 1. The van der Waals surface area contributed by atoms with Crippen LogP contribution in [0.1, 0.15) is 15.9 Å². The lowest BCUT2D eigenvalue weighted by atomic mass is 10.2. The van der Waals surface area contributed by atoms with Crippen molar-refractivity contribution in [1.29, 1.82) is 0 Å². The Morgan fingerprint density at radius 2 is 1.83 bits per heavy atom. The van der Waals surface area contributed by atoms with Gasteiger partial charge in [0.1, 0.15) is 0 Å². The van der Waals surface area contributed by atoms with Gasteiger partial charge in [0.05, 0.1) is 5.56 Å². The van der Waals surface area contributed by atoms with Crippen LogP contribution in [0.25, 0.3) is 0 Å². The van der Waals surface area contributed by atoms with Crippen LogP contribution in [0.2, 0.25) is 0 Å². The van der Waals surface area contributed by atoms with E-state index in [9.17, 15) is 9.90 Å². The number of carboxylic acid groups (broad SMARTS) is 1. The highest BCUT2D eigenvalue weighted by Crippen LogP contribution is 2.33. The topological polar surface area (TPSA) is 37.3 Å². The molecule has 0 heterocycles. The number of hydrogen-bond acceptors (Lipinski definition) is 2. The summed E-state index contributed by atoms with van der Waals surface area (Å²) in [6.45, 7) is 2.02. The number of aromatic carboxylic acids is 1. The van der Waals surface area contributed by atoms with Crippen LogP contribution in [0.5, 0.6) is 0 Å². The molecule has 0 saturated heterocycles. The van der Waals surface area contributed by atoms with Gasteiger partial charge in [-0.1, -0.05) is 35.5 Å². The fourth-order valence-electron chi connectivity index (χ4n) is 1.53. The smallest absolute Gasteiger partial charge is 0.338 e. The van der Waals surface area contributed by atoms with E-state index >= 15 is 0 Å². The maximum absolute atomic E-state index is 11.2. The van der Waals surface area contributed by atoms with Crippen molar-refractivity contribution < 1.29 is 9.90 Å². The second kappa shape index (κ2) is 5.59. The standard InChI is InChI=1S/C14H11BrO2S/c1-9-5-7-10(8-6-9)18-12-4-2-3-11(15)13(12)14(16)17/h2-8H,1H3,(H,16,17). The summed E-state index contributed by atoms with van der Waals surface area (Å²) < 4.78 is 0.604. The van der Waals surface area contributed by atoms with E-state index in [4.69, 9.17) is 0 Å². The van der Waals surface area contributed by atoms with E-state index in [0.29, 0.717) is 10.0 Å². The molecule has 2 aromatic rings. The third kappa shape index (κ3) is 2.94. The number of carboxylic acids is 1. The summed E-state index contributed by atoms with van der Waals surface area (Å²) in [7, 11) is 0. The van der Waals surface area contributed by atoms with Crippen LogP contribution in [-0.4, -0.2) is 11.1 Å². The Balaban J connectivity index is 2.37. The Hall–Kier alpha value is -1.26. The lowest BCUT2D eigenvalue weighted by Crippen LogP contribution is -1.99. The molecule has 0 atom stereocenters. The first kappa shape index (κ1) is 13.2. The lowest BCUT2D eigenvalue weighted by Gasteiger charge is -2.07. The van der Waals surface area contributed by atoms with Gasteiger partial charge in [0.25, 0.3) is 0 Å². The molecule has 0 spiro atoms. The third-order valence-electron chi connectivity index (χ3n) is 2.44. The molecule has 92 valence electrons. The first-order valence-electron chi connectivity index (χ1n) is 5.34. The molecular weight excluding hydrogens is 312 g/mol. The average molecular weight is 323 g/mol. The van der Waals surface area contributed by atoms with Crippen LogP contribution < -0.4 is 0 Å². The first-order chi connectivity index (χ1) is 8.58. The van der Waals surface area contributed by atoms with Gasteiger partial charge in [0, 0.05) is 14.3 Å². The Labute approximate surface area is 118 Å². The fraction of sp³-hybridized carbons (Fsp3) is 0.0714. The molecule has 0 amide bonds. The Bertz CT molecular complexity index is 579. The predicted octanol–water partition coefficient (Wildman–Crippen LogP) is 4.61. The maximum atomic E-state index is 11.2. The zero-order valence-corrected chi connectivity index (χ0v) is 12.1. The van der Waals surface area contributed by atoms with E-state index in [-0.39, 0.29) is 0 Å². The molecule has 2 nitrogen and oxygen atoms in total. The molecule has 0 aliphatic heterocycles. The van der Waals surface area contributed by atoms with E-state index in [2.05, 4.69) is 15.9 Å². The van der Waals surface area contributed by atoms with E-state index in [1.165, 1.54) is 17.3 Å². The number of benzene rings is 2. The molecule has 1 N–H and O–H groups in total. The first-order valence-corrected chi connectivity index (χ1v) is 6.95. The third-order valence-corrected chi connectivity index (χ3v) is 4.17. The molecule has 0 saturated carbocycles. The second-order valence-corrected chi connectivity index (χ2v) is 5.80. The van der Waals surface area contributed by atoms with Gasteiger partial charge in [-0.3, -0.25) is 0 Å². The summed E-state index contributed by atoms with van der Waals surface area (Å²) in [5.41, 5.74) is 1.50. The SMILES string of the molecule is Cc1ccc(Sc2cccc(Br)c2C(=O)O)cc1. The lowest BCUT2D eigenvalue weighted by molar-refractivity contribution is 0.0692. The van der Waals surface area contributed by atoms with Gasteiger partial charge < -0.3 is 5.11 Å². The van der Waals surface area contributed by atoms with E-state index in [0.717, 1.165) is 9.79 Å². The van der Waals surface area contributed by atoms with Gasteiger partial charge in [0.2, 0.25) is 0 Å². The van der Waals surface area contributed by atoms with E-state index in [1.807, 2.05) is 43.3 Å². The minimum Gasteiger partial charge on any atom is -0.478 e. The van der Waals surface area contributed by atoms with Gasteiger partial charge in [-0.05, 0) is 47.1 Å². The molecule has 0 aromatic heterocycles. The molecule has 2 rings (SSSR count). The Morgan fingerprint density at radius 3 is 2.44 bits per heavy atom. The van der Waals surface area contributed by atoms with Crippen molar-refractivity contribution in [2.75, 3.05) is 0 Å². The summed E-state index contributed by atoms with van der Waals surface area (Å²) >= 11 is 4.73. The van der Waals surface area contributed by atoms with Crippen molar-refractivity contribution in [2.45, 2.75) is 16.7 Å². The summed E-state index contributed by atoms with van der Waals surface area (Å²) in [6, 6.07) is 13.4. The highest BCUT2D eigenvalue weighted by molar-refractivity contribution is 9.10. The highest BCUT2D eigenvalue weighted by atomic mass is 79.9. The average Bonchev–Trinajstić information content (AvgIpc) is 2.32. The zero-order valence-electron chi connectivity index (χ0n) is 9.68. The normalized spacial score (nSPS) is 10.3. The van der Waals surface area contributed by atoms with Crippen LogP contribution in [0.3, 0.4) is 0 Å². The minimum atomic E-state index is -0.919. The van der Waals surface area contributed by atoms with Crippen molar-refractivity contribution in [3.63, 3.8) is 0 Å². The van der Waals surface area contributed by atoms with Gasteiger partial charge >= 0.3 is 5.97 Å². The fourth-order valence-corrected chi connectivity index (χ4v) is 3.17. The van der Waals surface area contributed by atoms with Gasteiger partial charge in [0.15, 0.2) is 0 Å². The largest absolute Gasteiger partial charge is 0.478 e. The molecule has 0 aliphatic carbocycles. The molecule has 0 fully saturated rings. The monoisotopic (exact) mass is 322 g/mol. The summed E-state index contributed by atoms with van der Waals surface area (Å²) in [5.74, 6) is -0.919. The van der Waals surface area contributed by atoms with Gasteiger partial charge in [-0.25, -0.2) is 4.79 Å². The van der Waals surface area contributed by atoms with E-state index in [1.54, 1.807) is 6.07 Å². The summed E-state index contributed by atoms with van der Waals surface area (Å²) in [5, 5.41) is 9.23. The Kier molecular flexibility index (Phi) is 4.09. The van der Waals surface area contributed by atoms with Gasteiger partial charge in [-0.15, -0.1) is 0 Å². The van der Waals surface area contributed by atoms with Crippen molar-refractivity contribution in [3.05, 3.63) is 58.1 Å². The van der Waals surface area contributed by atoms with Crippen molar-refractivity contribution in [1.82, 2.24) is 0 Å². The molecule has 4 heteroatoms. The molecule has 0 radical (unpaired) electrons. The molecule has 18 heavy (non-hydrogen) atoms. The molecule has 0 unspecified atom stereocenters. The quantitative estimate of drug-likeness (QED) is 0.896. The van der Waals surface area contributed by atoms with Crippen LogP contribution in [0.15, 0.2) is 56.7 Å². The predicted molar refractivity (Wildman–Crippen MR) is 76.4 cm³/mol. The highest BCUT2D eigenvalue weighted by Gasteiger charge is 2.14. The van der Waals surface area contributed by atoms with Crippen LogP contribution in [-0.2, 0) is 0 Å². The minimum absolute atomic E-state index is 0.308. The molecule has 0 aliphatic rings. The number of rotatable bonds is 3. The van der Waals surface area contributed by atoms with Crippen molar-refractivity contribution in [2.24, 2.45) is 0 Å². The van der Waals surface area contributed by atoms with Crippen LogP contribution in [0.4, 0.5) is 0 Å². The van der Waals surface area contributed by atoms with E-state index < -0.39 is 5.97 Å². The summed E-state index contributed by atoms with van der Waals surface area (Å²) in [4.78, 5) is 13.0. The Morgan fingerprint density at radius 1 is 1.17 bits per heavy atom. The van der Waals surface area contributed by atoms with Crippen LogP contribution >= 0.6 is 27.7 Å². The molecular formula is C14H11BrO2S. The van der Waals surface area contributed by atoms with Crippen LogP contribution in [0, 0.1) is 6.92 Å². The van der Waals surface area contributed by atoms with Crippen molar-refractivity contribution >= 4 is 33.7 Å². The molecule has 2 aromatic carbocycles. The maximum Gasteiger partial charge on any atom is 0.338 e. The van der Waals surface area contributed by atoms with Crippen molar-refractivity contribution in [3.8, 4) is 0 Å². The number of aryl methyl sites for hydroxylation is 1. The zero-order chi connectivity index (χ0) is 13.1. The van der Waals surface area contributed by atoms with Gasteiger partial charge in [-0.2, -0.15) is 0 Å². The molecule has 0 bridgehead atoms. The number of halogens is 1.